The van der Waals surface area contributed by atoms with Crippen LogP contribution < -0.4 is 21.3 Å². The van der Waals surface area contributed by atoms with Gasteiger partial charge < -0.3 is 15.0 Å². The van der Waals surface area contributed by atoms with Crippen LogP contribution in [0.1, 0.15) is 29.9 Å². The van der Waals surface area contributed by atoms with E-state index in [0.717, 1.165) is 41.6 Å². The molecule has 8 heteroatoms. The zero-order valence-corrected chi connectivity index (χ0v) is 18.6. The summed E-state index contributed by atoms with van der Waals surface area (Å²) in [5.41, 5.74) is 2.71. The third-order valence-corrected chi connectivity index (χ3v) is 8.30. The average molecular weight is 449 g/mol. The van der Waals surface area contributed by atoms with Crippen LogP contribution >= 0.6 is 11.3 Å². The quantitative estimate of drug-likeness (QED) is 0.501. The van der Waals surface area contributed by atoms with Crippen molar-refractivity contribution < 1.29 is 4.74 Å². The van der Waals surface area contributed by atoms with E-state index in [-0.39, 0.29) is 17.3 Å². The van der Waals surface area contributed by atoms with Crippen LogP contribution in [0, 0.1) is 5.92 Å². The number of benzene rings is 1. The number of hydrogen-bond acceptors (Lipinski definition) is 6. The van der Waals surface area contributed by atoms with Gasteiger partial charge in [-0.2, -0.15) is 0 Å². The molecule has 4 aromatic rings. The van der Waals surface area contributed by atoms with Crippen LogP contribution in [0.15, 0.2) is 46.2 Å². The second-order valence-corrected chi connectivity index (χ2v) is 9.77. The maximum atomic E-state index is 13.2. The lowest BCUT2D eigenvalue weighted by Gasteiger charge is -2.32. The number of aromatic amines is 1. The van der Waals surface area contributed by atoms with E-state index in [0.29, 0.717) is 28.6 Å². The number of aromatic nitrogens is 3. The first kappa shape index (κ1) is 19.7. The van der Waals surface area contributed by atoms with Gasteiger partial charge in [-0.25, -0.2) is 4.79 Å². The van der Waals surface area contributed by atoms with Gasteiger partial charge in [-0.05, 0) is 55.0 Å². The van der Waals surface area contributed by atoms with Crippen molar-refractivity contribution in [2.24, 2.45) is 5.92 Å². The highest BCUT2D eigenvalue weighted by Crippen LogP contribution is 2.45. The fourth-order valence-electron chi connectivity index (χ4n) is 5.69. The van der Waals surface area contributed by atoms with Crippen molar-refractivity contribution in [2.45, 2.75) is 37.8 Å². The Kier molecular flexibility index (Phi) is 4.66. The summed E-state index contributed by atoms with van der Waals surface area (Å²) in [4.78, 5) is 33.1. The number of nitrogens with one attached hydrogen (secondary N) is 2. The zero-order valence-electron chi connectivity index (χ0n) is 17.8. The Labute approximate surface area is 188 Å². The molecular weight excluding hydrogens is 424 g/mol. The lowest BCUT2D eigenvalue weighted by molar-refractivity contribution is 0.371. The fraction of sp³-hybridized carbons (Fsp3) is 0.375. The molecular formula is C24H24N4O3S. The summed E-state index contributed by atoms with van der Waals surface area (Å²) in [7, 11) is 1.73. The van der Waals surface area contributed by atoms with Crippen molar-refractivity contribution in [1.29, 1.82) is 0 Å². The van der Waals surface area contributed by atoms with Crippen molar-refractivity contribution in [3.05, 3.63) is 68.6 Å². The van der Waals surface area contributed by atoms with Gasteiger partial charge in [-0.15, -0.1) is 11.3 Å². The second-order valence-electron chi connectivity index (χ2n) is 8.72. The van der Waals surface area contributed by atoms with Gasteiger partial charge in [0.15, 0.2) is 0 Å². The molecule has 6 rings (SSSR count). The molecule has 2 N–H and O–H groups in total. The molecule has 0 spiro atoms. The first-order valence-electron chi connectivity index (χ1n) is 11.0. The number of hydrogen-bond donors (Lipinski definition) is 2. The van der Waals surface area contributed by atoms with Crippen LogP contribution in [-0.4, -0.2) is 34.2 Å². The third-order valence-electron chi connectivity index (χ3n) is 7.17. The Balaban J connectivity index is 1.33. The second kappa shape index (κ2) is 7.56. The Bertz CT molecular complexity index is 1450. The molecule has 1 aliphatic carbocycles. The Morgan fingerprint density at radius 2 is 2.19 bits per heavy atom. The van der Waals surface area contributed by atoms with Gasteiger partial charge in [0.25, 0.3) is 5.56 Å². The van der Waals surface area contributed by atoms with Crippen molar-refractivity contribution in [3.8, 4) is 5.75 Å². The van der Waals surface area contributed by atoms with Crippen LogP contribution in [0.2, 0.25) is 0 Å². The normalized spacial score (nSPS) is 22.2. The summed E-state index contributed by atoms with van der Waals surface area (Å²) in [6.45, 7) is 1.36. The molecule has 0 saturated carbocycles. The van der Waals surface area contributed by atoms with Crippen molar-refractivity contribution in [2.75, 3.05) is 13.7 Å². The summed E-state index contributed by atoms with van der Waals surface area (Å²) in [6.07, 6.45) is 6.30. The van der Waals surface area contributed by atoms with E-state index >= 15 is 0 Å². The van der Waals surface area contributed by atoms with E-state index in [9.17, 15) is 9.59 Å². The minimum atomic E-state index is -0.348. The molecule has 4 heterocycles. The summed E-state index contributed by atoms with van der Waals surface area (Å²) in [5.74, 6) is 1.92. The van der Waals surface area contributed by atoms with Gasteiger partial charge in [-0.1, -0.05) is 12.1 Å². The van der Waals surface area contributed by atoms with E-state index < -0.39 is 0 Å². The number of ether oxygens (including phenoxy) is 1. The van der Waals surface area contributed by atoms with Gasteiger partial charge >= 0.3 is 5.69 Å². The maximum Gasteiger partial charge on any atom is 0.328 e. The molecule has 3 aromatic heterocycles. The summed E-state index contributed by atoms with van der Waals surface area (Å²) in [6, 6.07) is 8.37. The van der Waals surface area contributed by atoms with E-state index in [4.69, 9.17) is 4.74 Å². The predicted molar refractivity (Wildman–Crippen MR) is 126 cm³/mol. The number of nitrogens with zero attached hydrogens (tertiary/aromatic N) is 2. The van der Waals surface area contributed by atoms with Crippen molar-refractivity contribution in [1.82, 2.24) is 19.9 Å². The van der Waals surface area contributed by atoms with Gasteiger partial charge in [0.2, 0.25) is 0 Å². The number of thiophene rings is 1. The largest absolute Gasteiger partial charge is 0.496 e. The highest BCUT2D eigenvalue weighted by molar-refractivity contribution is 7.25. The van der Waals surface area contributed by atoms with Gasteiger partial charge in [0.05, 0.1) is 17.3 Å². The van der Waals surface area contributed by atoms with Crippen molar-refractivity contribution >= 4 is 31.6 Å². The molecule has 0 radical (unpaired) electrons. The first-order chi connectivity index (χ1) is 15.7. The summed E-state index contributed by atoms with van der Waals surface area (Å²) < 4.78 is 8.45. The molecule has 2 aliphatic rings. The Morgan fingerprint density at radius 1 is 1.28 bits per heavy atom. The van der Waals surface area contributed by atoms with Crippen LogP contribution in [0.5, 0.6) is 5.75 Å². The van der Waals surface area contributed by atoms with Gasteiger partial charge in [-0.3, -0.25) is 14.3 Å². The smallest absolute Gasteiger partial charge is 0.328 e. The third kappa shape index (κ3) is 2.93. The number of H-pyrrole nitrogens is 1. The van der Waals surface area contributed by atoms with Crippen LogP contribution in [-0.2, 0) is 13.0 Å². The highest BCUT2D eigenvalue weighted by atomic mass is 32.1. The van der Waals surface area contributed by atoms with E-state index in [1.807, 2.05) is 12.1 Å². The molecule has 0 bridgehead atoms. The van der Waals surface area contributed by atoms with E-state index in [2.05, 4.69) is 27.4 Å². The average Bonchev–Trinajstić information content (AvgIpc) is 3.40. The van der Waals surface area contributed by atoms with Crippen LogP contribution in [0.4, 0.5) is 0 Å². The minimum absolute atomic E-state index is 0.217. The zero-order chi connectivity index (χ0) is 21.8. The summed E-state index contributed by atoms with van der Waals surface area (Å²) >= 11 is 1.39. The number of rotatable bonds is 4. The number of methoxy groups -OCH3 is 1. The Hall–Kier alpha value is -2.97. The van der Waals surface area contributed by atoms with Crippen LogP contribution in [0.25, 0.3) is 20.3 Å². The van der Waals surface area contributed by atoms with E-state index in [1.165, 1.54) is 27.0 Å². The summed E-state index contributed by atoms with van der Waals surface area (Å²) in [5, 5.41) is 4.54. The molecule has 1 aromatic carbocycles. The highest BCUT2D eigenvalue weighted by Gasteiger charge is 2.40. The fourth-order valence-corrected chi connectivity index (χ4v) is 6.76. The lowest BCUT2D eigenvalue weighted by Crippen LogP contribution is -2.37. The lowest BCUT2D eigenvalue weighted by atomic mass is 9.73. The van der Waals surface area contributed by atoms with Crippen molar-refractivity contribution in [3.63, 3.8) is 0 Å². The molecule has 3 atom stereocenters. The molecule has 164 valence electrons. The molecule has 1 fully saturated rings. The minimum Gasteiger partial charge on any atom is -0.496 e. The standard InChI is InChI=1S/C24H24N4O3S/c1-31-18-4-2-3-15-14(18)6-5-13-11-26-17(20(13)15)8-10-28-23(29)22-21(27-24(28)30)16-7-9-25-12-19(16)32-22/h2-4,7,9,12-13,17,20,26H,5-6,8,10-11H2,1H3,(H,27,30)/t13-,17?,20+/m0/s1. The number of pyridine rings is 1. The topological polar surface area (TPSA) is 89.0 Å². The monoisotopic (exact) mass is 448 g/mol. The van der Waals surface area contributed by atoms with Gasteiger partial charge in [0, 0.05) is 36.3 Å². The number of fused-ring (bicyclic) bond motifs is 6. The molecule has 1 saturated heterocycles. The molecule has 32 heavy (non-hydrogen) atoms. The predicted octanol–water partition coefficient (Wildman–Crippen LogP) is 3.02. The molecule has 0 amide bonds. The molecule has 7 nitrogen and oxygen atoms in total. The molecule has 1 unspecified atom stereocenters. The molecule has 1 aliphatic heterocycles. The van der Waals surface area contributed by atoms with Gasteiger partial charge in [0.1, 0.15) is 10.4 Å². The SMILES string of the molecule is COc1cccc2c1CC[C@H]1CNC(CCn3c(=O)[nH]c4c(sc5cnccc54)c3=O)[C@@H]21. The van der Waals surface area contributed by atoms with E-state index in [1.54, 1.807) is 19.5 Å². The van der Waals surface area contributed by atoms with Crippen LogP contribution in [0.3, 0.4) is 0 Å². The first-order valence-corrected chi connectivity index (χ1v) is 11.9. The Morgan fingerprint density at radius 3 is 3.06 bits per heavy atom. The maximum absolute atomic E-state index is 13.2.